The van der Waals surface area contributed by atoms with Gasteiger partial charge in [-0.3, -0.25) is 4.79 Å². The van der Waals surface area contributed by atoms with Crippen molar-refractivity contribution in [2.24, 2.45) is 5.92 Å². The molecule has 1 saturated heterocycles. The van der Waals surface area contributed by atoms with Crippen LogP contribution in [0.2, 0.25) is 0 Å². The van der Waals surface area contributed by atoms with E-state index in [1.165, 1.54) is 0 Å². The molecule has 2 aliphatic rings. The molecule has 1 atom stereocenters. The first-order valence-corrected chi connectivity index (χ1v) is 9.54. The molecule has 1 saturated carbocycles. The molecule has 1 heterocycles. The Labute approximate surface area is 112 Å². The van der Waals surface area contributed by atoms with Crippen LogP contribution in [-0.2, 0) is 24.7 Å². The Bertz CT molecular complexity index is 563. The molecule has 0 spiro atoms. The van der Waals surface area contributed by atoms with Crippen molar-refractivity contribution in [1.29, 1.82) is 0 Å². The van der Waals surface area contributed by atoms with Crippen molar-refractivity contribution in [2.75, 3.05) is 23.8 Å². The molecule has 1 unspecified atom stereocenters. The van der Waals surface area contributed by atoms with Gasteiger partial charge in [-0.2, -0.15) is 4.31 Å². The monoisotopic (exact) mass is 311 g/mol. The molecule has 2 rings (SSSR count). The highest BCUT2D eigenvalue weighted by atomic mass is 32.2. The minimum atomic E-state index is -3.70. The Morgan fingerprint density at radius 2 is 1.89 bits per heavy atom. The van der Waals surface area contributed by atoms with Crippen LogP contribution < -0.4 is 0 Å². The van der Waals surface area contributed by atoms with Crippen molar-refractivity contribution in [1.82, 2.24) is 4.31 Å². The van der Waals surface area contributed by atoms with Crippen LogP contribution in [-0.4, -0.2) is 62.1 Å². The van der Waals surface area contributed by atoms with Gasteiger partial charge in [-0.05, 0) is 25.2 Å². The van der Waals surface area contributed by atoms with Gasteiger partial charge in [-0.1, -0.05) is 0 Å². The Hall–Kier alpha value is -0.670. The number of hydrogen-bond donors (Lipinski definition) is 1. The Balaban J connectivity index is 2.17. The molecule has 0 aromatic heterocycles. The average Bonchev–Trinajstić information content (AvgIpc) is 2.96. The van der Waals surface area contributed by atoms with Gasteiger partial charge in [0.25, 0.3) is 0 Å². The van der Waals surface area contributed by atoms with Crippen LogP contribution in [0.3, 0.4) is 0 Å². The molecular formula is C10H17NO6S2. The van der Waals surface area contributed by atoms with Gasteiger partial charge in [0, 0.05) is 6.04 Å². The van der Waals surface area contributed by atoms with E-state index in [4.69, 9.17) is 5.11 Å². The number of sulfone groups is 1. The van der Waals surface area contributed by atoms with Crippen molar-refractivity contribution in [3.63, 3.8) is 0 Å². The topological polar surface area (TPSA) is 109 Å². The Morgan fingerprint density at radius 1 is 1.26 bits per heavy atom. The summed E-state index contributed by atoms with van der Waals surface area (Å²) in [5, 5.41) is 8.83. The van der Waals surface area contributed by atoms with Crippen molar-refractivity contribution in [3.05, 3.63) is 0 Å². The van der Waals surface area contributed by atoms with E-state index in [1.807, 2.05) is 0 Å². The molecule has 0 bridgehead atoms. The summed E-state index contributed by atoms with van der Waals surface area (Å²) in [5.74, 6) is -1.59. The fraction of sp³-hybridized carbons (Fsp3) is 0.900. The van der Waals surface area contributed by atoms with E-state index in [1.54, 1.807) is 0 Å². The van der Waals surface area contributed by atoms with Gasteiger partial charge >= 0.3 is 5.97 Å². The van der Waals surface area contributed by atoms with E-state index in [9.17, 15) is 21.6 Å². The second-order valence-corrected chi connectivity index (χ2v) is 9.41. The van der Waals surface area contributed by atoms with Gasteiger partial charge in [0.15, 0.2) is 9.84 Å². The molecule has 0 aromatic carbocycles. The van der Waals surface area contributed by atoms with Gasteiger partial charge in [-0.15, -0.1) is 0 Å². The van der Waals surface area contributed by atoms with Gasteiger partial charge in [0.1, 0.15) is 6.54 Å². The van der Waals surface area contributed by atoms with Crippen LogP contribution >= 0.6 is 0 Å². The quantitative estimate of drug-likeness (QED) is 0.695. The summed E-state index contributed by atoms with van der Waals surface area (Å²) in [7, 11) is -6.95. The smallest absolute Gasteiger partial charge is 0.318 e. The lowest BCUT2D eigenvalue weighted by molar-refractivity contribution is -0.137. The maximum atomic E-state index is 12.2. The van der Waals surface area contributed by atoms with E-state index in [0.29, 0.717) is 0 Å². The van der Waals surface area contributed by atoms with Crippen molar-refractivity contribution < 1.29 is 26.7 Å². The lowest BCUT2D eigenvalue weighted by atomic mass is 10.2. The number of sulfonamides is 1. The van der Waals surface area contributed by atoms with E-state index < -0.39 is 38.4 Å². The van der Waals surface area contributed by atoms with Crippen LogP contribution in [0.5, 0.6) is 0 Å². The fourth-order valence-corrected chi connectivity index (χ4v) is 6.16. The predicted octanol–water partition coefficient (Wildman–Crippen LogP) is -0.700. The number of hydrogen-bond acceptors (Lipinski definition) is 5. The number of carboxylic acid groups (broad SMARTS) is 1. The van der Waals surface area contributed by atoms with Gasteiger partial charge in [-0.25, -0.2) is 16.8 Å². The average molecular weight is 311 g/mol. The molecule has 1 N–H and O–H groups in total. The fourth-order valence-electron chi connectivity index (χ4n) is 2.27. The summed E-state index contributed by atoms with van der Waals surface area (Å²) in [6, 6.07) is -0.732. The Kier molecular flexibility index (Phi) is 3.90. The molecule has 1 aliphatic carbocycles. The zero-order valence-electron chi connectivity index (χ0n) is 10.4. The Morgan fingerprint density at radius 3 is 2.32 bits per heavy atom. The number of aliphatic carboxylic acids is 1. The van der Waals surface area contributed by atoms with Crippen LogP contribution in [0, 0.1) is 5.92 Å². The minimum Gasteiger partial charge on any atom is -0.480 e. The number of rotatable bonds is 6. The summed E-state index contributed by atoms with van der Waals surface area (Å²) in [6.45, 7) is -0.657. The first-order chi connectivity index (χ1) is 8.70. The van der Waals surface area contributed by atoms with Crippen LogP contribution in [0.15, 0.2) is 0 Å². The van der Waals surface area contributed by atoms with Crippen molar-refractivity contribution >= 4 is 25.8 Å². The number of carbonyl (C=O) groups is 1. The number of carboxylic acids is 1. The molecule has 0 aromatic rings. The summed E-state index contributed by atoms with van der Waals surface area (Å²) < 4.78 is 48.1. The normalized spacial score (nSPS) is 26.7. The second-order valence-electron chi connectivity index (χ2n) is 5.22. The molecular weight excluding hydrogens is 294 g/mol. The van der Waals surface area contributed by atoms with Crippen LogP contribution in [0.1, 0.15) is 19.3 Å². The summed E-state index contributed by atoms with van der Waals surface area (Å²) in [5.41, 5.74) is 0. The third kappa shape index (κ3) is 3.90. The molecule has 0 radical (unpaired) electrons. The second kappa shape index (κ2) is 5.02. The van der Waals surface area contributed by atoms with Crippen LogP contribution in [0.25, 0.3) is 0 Å². The maximum absolute atomic E-state index is 12.2. The first kappa shape index (κ1) is 14.7. The lowest BCUT2D eigenvalue weighted by Gasteiger charge is -2.25. The highest BCUT2D eigenvalue weighted by molar-refractivity contribution is 7.92. The van der Waals surface area contributed by atoms with Gasteiger partial charge in [0.05, 0.1) is 17.3 Å². The third-order valence-corrected chi connectivity index (χ3v) is 7.19. The molecule has 19 heavy (non-hydrogen) atoms. The van der Waals surface area contributed by atoms with E-state index >= 15 is 0 Å². The standard InChI is InChI=1S/C10H17NO6S2/c12-10(13)5-11(9-3-4-18(14,15)7-9)19(16,17)6-8-1-2-8/h8-9H,1-7H2,(H,12,13). The van der Waals surface area contributed by atoms with E-state index in [-0.39, 0.29) is 29.6 Å². The molecule has 9 heteroatoms. The SMILES string of the molecule is O=C(O)CN(C1CCS(=O)(=O)C1)S(=O)(=O)CC1CC1. The van der Waals surface area contributed by atoms with Crippen LogP contribution in [0.4, 0.5) is 0 Å². The molecule has 110 valence electrons. The number of nitrogens with zero attached hydrogens (tertiary/aromatic N) is 1. The zero-order chi connectivity index (χ0) is 14.3. The highest BCUT2D eigenvalue weighted by Crippen LogP contribution is 2.32. The highest BCUT2D eigenvalue weighted by Gasteiger charge is 2.41. The largest absolute Gasteiger partial charge is 0.480 e. The third-order valence-electron chi connectivity index (χ3n) is 3.41. The lowest BCUT2D eigenvalue weighted by Crippen LogP contribution is -2.45. The molecule has 1 aliphatic heterocycles. The van der Waals surface area contributed by atoms with E-state index in [2.05, 4.69) is 0 Å². The zero-order valence-corrected chi connectivity index (χ0v) is 12.0. The van der Waals surface area contributed by atoms with Crippen molar-refractivity contribution in [2.45, 2.75) is 25.3 Å². The van der Waals surface area contributed by atoms with Gasteiger partial charge < -0.3 is 5.11 Å². The summed E-state index contributed by atoms with van der Waals surface area (Å²) in [4.78, 5) is 10.8. The summed E-state index contributed by atoms with van der Waals surface area (Å²) >= 11 is 0. The molecule has 2 fully saturated rings. The summed E-state index contributed by atoms with van der Waals surface area (Å²) in [6.07, 6.45) is 1.85. The predicted molar refractivity (Wildman–Crippen MR) is 67.9 cm³/mol. The maximum Gasteiger partial charge on any atom is 0.318 e. The van der Waals surface area contributed by atoms with E-state index in [0.717, 1.165) is 17.1 Å². The van der Waals surface area contributed by atoms with Crippen molar-refractivity contribution in [3.8, 4) is 0 Å². The first-order valence-electron chi connectivity index (χ1n) is 6.11. The molecule has 7 nitrogen and oxygen atoms in total. The molecule has 0 amide bonds. The minimum absolute atomic E-state index is 0.0726. The van der Waals surface area contributed by atoms with Gasteiger partial charge in [0.2, 0.25) is 10.0 Å².